The van der Waals surface area contributed by atoms with Crippen molar-refractivity contribution in [2.45, 2.75) is 18.9 Å². The molecule has 1 aromatic carbocycles. The smallest absolute Gasteiger partial charge is 0.404 e. The zero-order chi connectivity index (χ0) is 11.4. The van der Waals surface area contributed by atoms with Gasteiger partial charge in [-0.1, -0.05) is 24.3 Å². The molecule has 0 saturated heterocycles. The lowest BCUT2D eigenvalue weighted by Gasteiger charge is -2.11. The zero-order valence-electron chi connectivity index (χ0n) is 9.07. The number of rotatable bonds is 4. The first-order valence-electron chi connectivity index (χ1n) is 5.52. The lowest BCUT2D eigenvalue weighted by Crippen LogP contribution is -2.36. The van der Waals surface area contributed by atoms with E-state index in [-0.39, 0.29) is 0 Å². The van der Waals surface area contributed by atoms with Crippen molar-refractivity contribution in [3.8, 4) is 0 Å². The van der Waals surface area contributed by atoms with Gasteiger partial charge < -0.3 is 15.7 Å². The van der Waals surface area contributed by atoms with Gasteiger partial charge in [0.15, 0.2) is 0 Å². The molecular formula is C12H16N2O2. The summed E-state index contributed by atoms with van der Waals surface area (Å²) in [6, 6.07) is 8.90. The first-order valence-corrected chi connectivity index (χ1v) is 5.52. The van der Waals surface area contributed by atoms with E-state index >= 15 is 0 Å². The normalized spacial score (nSPS) is 14.8. The maximum atomic E-state index is 10.2. The van der Waals surface area contributed by atoms with Gasteiger partial charge in [-0.15, -0.1) is 0 Å². The predicted molar refractivity (Wildman–Crippen MR) is 61.7 cm³/mol. The summed E-state index contributed by atoms with van der Waals surface area (Å²) in [5.74, 6) is 0. The Hall–Kier alpha value is -1.55. The quantitative estimate of drug-likeness (QED) is 0.664. The van der Waals surface area contributed by atoms with Crippen LogP contribution in [-0.4, -0.2) is 30.3 Å². The summed E-state index contributed by atoms with van der Waals surface area (Å²) in [5, 5.41) is 14.1. The number of amides is 1. The van der Waals surface area contributed by atoms with Crippen LogP contribution in [0.3, 0.4) is 0 Å². The summed E-state index contributed by atoms with van der Waals surface area (Å²) in [6.45, 7) is 1.15. The molecule has 86 valence electrons. The van der Waals surface area contributed by atoms with E-state index in [1.165, 1.54) is 11.1 Å². The van der Waals surface area contributed by atoms with Crippen LogP contribution in [0.25, 0.3) is 0 Å². The van der Waals surface area contributed by atoms with Crippen molar-refractivity contribution in [1.82, 2.24) is 10.6 Å². The molecule has 0 aromatic heterocycles. The Labute approximate surface area is 94.7 Å². The number of hydrogen-bond donors (Lipinski definition) is 3. The average molecular weight is 220 g/mol. The van der Waals surface area contributed by atoms with E-state index in [0.717, 1.165) is 12.8 Å². The van der Waals surface area contributed by atoms with Crippen LogP contribution < -0.4 is 10.6 Å². The van der Waals surface area contributed by atoms with Crippen molar-refractivity contribution >= 4 is 6.09 Å². The number of carboxylic acid groups (broad SMARTS) is 1. The van der Waals surface area contributed by atoms with Crippen molar-refractivity contribution in [1.29, 1.82) is 0 Å². The first-order chi connectivity index (χ1) is 7.75. The third-order valence-corrected chi connectivity index (χ3v) is 2.89. The standard InChI is InChI=1S/C12H16N2O2/c15-12(16)14-6-5-13-11-7-9-3-1-2-4-10(9)8-11/h1-4,11,13-14H,5-8H2,(H,15,16). The minimum Gasteiger partial charge on any atom is -0.465 e. The van der Waals surface area contributed by atoms with Crippen molar-refractivity contribution < 1.29 is 9.90 Å². The highest BCUT2D eigenvalue weighted by molar-refractivity contribution is 5.64. The lowest BCUT2D eigenvalue weighted by atomic mass is 10.1. The van der Waals surface area contributed by atoms with Crippen molar-refractivity contribution in [3.05, 3.63) is 35.4 Å². The molecule has 2 rings (SSSR count). The molecule has 0 aliphatic heterocycles. The Morgan fingerprint density at radius 2 is 1.88 bits per heavy atom. The summed E-state index contributed by atoms with van der Waals surface area (Å²) < 4.78 is 0. The Morgan fingerprint density at radius 3 is 2.44 bits per heavy atom. The Kier molecular flexibility index (Phi) is 3.41. The fraction of sp³-hybridized carbons (Fsp3) is 0.417. The minimum absolute atomic E-state index is 0.452. The van der Waals surface area contributed by atoms with Crippen LogP contribution in [-0.2, 0) is 12.8 Å². The lowest BCUT2D eigenvalue weighted by molar-refractivity contribution is 0.194. The molecule has 0 atom stereocenters. The number of nitrogens with one attached hydrogen (secondary N) is 2. The third-order valence-electron chi connectivity index (χ3n) is 2.89. The predicted octanol–water partition coefficient (Wildman–Crippen LogP) is 1.01. The molecule has 0 unspecified atom stereocenters. The third kappa shape index (κ3) is 2.73. The number of fused-ring (bicyclic) bond motifs is 1. The van der Waals surface area contributed by atoms with E-state index in [2.05, 4.69) is 34.9 Å². The highest BCUT2D eigenvalue weighted by Crippen LogP contribution is 2.21. The van der Waals surface area contributed by atoms with Gasteiger partial charge in [0, 0.05) is 19.1 Å². The molecule has 3 N–H and O–H groups in total. The van der Waals surface area contributed by atoms with Gasteiger partial charge in [0.2, 0.25) is 0 Å². The fourth-order valence-corrected chi connectivity index (χ4v) is 2.15. The van der Waals surface area contributed by atoms with Gasteiger partial charge in [0.05, 0.1) is 0 Å². The van der Waals surface area contributed by atoms with Crippen LogP contribution >= 0.6 is 0 Å². The molecule has 0 spiro atoms. The minimum atomic E-state index is -0.962. The van der Waals surface area contributed by atoms with Gasteiger partial charge in [0.1, 0.15) is 0 Å². The van der Waals surface area contributed by atoms with Gasteiger partial charge in [0.25, 0.3) is 0 Å². The second-order valence-corrected chi connectivity index (χ2v) is 4.06. The zero-order valence-corrected chi connectivity index (χ0v) is 9.07. The maximum Gasteiger partial charge on any atom is 0.404 e. The van der Waals surface area contributed by atoms with E-state index in [1.54, 1.807) is 0 Å². The van der Waals surface area contributed by atoms with Crippen LogP contribution in [0, 0.1) is 0 Å². The molecule has 0 bridgehead atoms. The molecule has 0 heterocycles. The summed E-state index contributed by atoms with van der Waals surface area (Å²) in [7, 11) is 0. The highest BCUT2D eigenvalue weighted by Gasteiger charge is 2.19. The van der Waals surface area contributed by atoms with E-state index in [4.69, 9.17) is 5.11 Å². The van der Waals surface area contributed by atoms with Crippen LogP contribution in [0.1, 0.15) is 11.1 Å². The summed E-state index contributed by atoms with van der Waals surface area (Å²) in [4.78, 5) is 10.2. The van der Waals surface area contributed by atoms with Gasteiger partial charge in [-0.2, -0.15) is 0 Å². The molecule has 1 aromatic rings. The van der Waals surface area contributed by atoms with E-state index in [9.17, 15) is 4.79 Å². The summed E-state index contributed by atoms with van der Waals surface area (Å²) in [6.07, 6.45) is 1.13. The molecule has 1 aliphatic rings. The molecule has 4 heteroatoms. The summed E-state index contributed by atoms with van der Waals surface area (Å²) in [5.41, 5.74) is 2.82. The van der Waals surface area contributed by atoms with Crippen molar-refractivity contribution in [2.75, 3.05) is 13.1 Å². The fourth-order valence-electron chi connectivity index (χ4n) is 2.15. The van der Waals surface area contributed by atoms with Gasteiger partial charge in [-0.3, -0.25) is 0 Å². The molecular weight excluding hydrogens is 204 g/mol. The number of benzene rings is 1. The van der Waals surface area contributed by atoms with Gasteiger partial charge in [-0.05, 0) is 24.0 Å². The van der Waals surface area contributed by atoms with Crippen LogP contribution in [0.2, 0.25) is 0 Å². The molecule has 0 fully saturated rings. The Bertz CT molecular complexity index is 354. The van der Waals surface area contributed by atoms with Crippen LogP contribution in [0.15, 0.2) is 24.3 Å². The van der Waals surface area contributed by atoms with E-state index in [1.807, 2.05) is 0 Å². The number of hydrogen-bond acceptors (Lipinski definition) is 2. The SMILES string of the molecule is O=C(O)NCCNC1Cc2ccccc2C1. The van der Waals surface area contributed by atoms with Crippen LogP contribution in [0.5, 0.6) is 0 Å². The molecule has 0 radical (unpaired) electrons. The molecule has 0 saturated carbocycles. The first kappa shape index (κ1) is 11.0. The Morgan fingerprint density at radius 1 is 1.25 bits per heavy atom. The van der Waals surface area contributed by atoms with Crippen molar-refractivity contribution in [2.24, 2.45) is 0 Å². The molecule has 16 heavy (non-hydrogen) atoms. The van der Waals surface area contributed by atoms with Crippen molar-refractivity contribution in [3.63, 3.8) is 0 Å². The highest BCUT2D eigenvalue weighted by atomic mass is 16.4. The largest absolute Gasteiger partial charge is 0.465 e. The topological polar surface area (TPSA) is 61.4 Å². The second-order valence-electron chi connectivity index (χ2n) is 4.06. The monoisotopic (exact) mass is 220 g/mol. The average Bonchev–Trinajstić information content (AvgIpc) is 2.66. The van der Waals surface area contributed by atoms with E-state index in [0.29, 0.717) is 19.1 Å². The molecule has 1 aliphatic carbocycles. The molecule has 4 nitrogen and oxygen atoms in total. The van der Waals surface area contributed by atoms with Crippen LogP contribution in [0.4, 0.5) is 4.79 Å². The van der Waals surface area contributed by atoms with E-state index < -0.39 is 6.09 Å². The van der Waals surface area contributed by atoms with Gasteiger partial charge in [-0.25, -0.2) is 4.79 Å². The Balaban J connectivity index is 1.73. The van der Waals surface area contributed by atoms with Gasteiger partial charge >= 0.3 is 6.09 Å². The second kappa shape index (κ2) is 4.99. The molecule has 1 amide bonds. The summed E-state index contributed by atoms with van der Waals surface area (Å²) >= 11 is 0. The number of carbonyl (C=O) groups is 1. The maximum absolute atomic E-state index is 10.2.